The zero-order valence-electron chi connectivity index (χ0n) is 8.84. The maximum absolute atomic E-state index is 8.40. The zero-order chi connectivity index (χ0) is 11.5. The molecule has 3 N–H and O–H groups in total. The first kappa shape index (κ1) is 13.9. The minimum absolute atomic E-state index is 0.0644. The van der Waals surface area contributed by atoms with Crippen LogP contribution in [0.5, 0.6) is 5.75 Å². The SMILES string of the molecule is CC(O)CO.OCCOc1ccccc1. The molecule has 0 aliphatic carbocycles. The molecule has 0 fully saturated rings. The standard InChI is InChI=1S/C8H10O2.C3H8O2/c9-6-7-10-8-4-2-1-3-5-8;1-3(5)2-4/h1-5,9H,6-7H2;3-5H,2H2,1H3. The number of aliphatic hydroxyl groups excluding tert-OH is 3. The van der Waals surface area contributed by atoms with Gasteiger partial charge in [-0.25, -0.2) is 0 Å². The summed E-state index contributed by atoms with van der Waals surface area (Å²) >= 11 is 0. The molecule has 86 valence electrons. The summed E-state index contributed by atoms with van der Waals surface area (Å²) in [6.07, 6.45) is -0.560. The number of hydrogen-bond donors (Lipinski definition) is 3. The molecule has 1 atom stereocenters. The lowest BCUT2D eigenvalue weighted by molar-refractivity contribution is 0.110. The van der Waals surface area contributed by atoms with Crippen LogP contribution in [0.15, 0.2) is 30.3 Å². The molecule has 1 unspecified atom stereocenters. The Morgan fingerprint density at radius 3 is 2.13 bits per heavy atom. The first-order valence-electron chi connectivity index (χ1n) is 4.78. The monoisotopic (exact) mass is 214 g/mol. The van der Waals surface area contributed by atoms with Crippen LogP contribution in [0.25, 0.3) is 0 Å². The van der Waals surface area contributed by atoms with Crippen LogP contribution in [0, 0.1) is 0 Å². The first-order chi connectivity index (χ1) is 7.20. The Bertz CT molecular complexity index is 223. The van der Waals surface area contributed by atoms with E-state index in [2.05, 4.69) is 0 Å². The van der Waals surface area contributed by atoms with Crippen molar-refractivity contribution in [2.45, 2.75) is 13.0 Å². The molecular formula is C11H18O4. The average Bonchev–Trinajstić information content (AvgIpc) is 2.28. The summed E-state index contributed by atoms with van der Waals surface area (Å²) in [5, 5.41) is 24.4. The van der Waals surface area contributed by atoms with Crippen LogP contribution in [0.2, 0.25) is 0 Å². The topological polar surface area (TPSA) is 69.9 Å². The van der Waals surface area contributed by atoms with Gasteiger partial charge in [-0.15, -0.1) is 0 Å². The number of para-hydroxylation sites is 1. The Labute approximate surface area is 89.8 Å². The highest BCUT2D eigenvalue weighted by atomic mass is 16.5. The van der Waals surface area contributed by atoms with Crippen LogP contribution in [-0.2, 0) is 0 Å². The Morgan fingerprint density at radius 2 is 1.73 bits per heavy atom. The molecule has 4 heteroatoms. The van der Waals surface area contributed by atoms with Crippen LogP contribution in [0.3, 0.4) is 0 Å². The molecule has 15 heavy (non-hydrogen) atoms. The fourth-order valence-corrected chi connectivity index (χ4v) is 0.680. The van der Waals surface area contributed by atoms with Crippen LogP contribution in [-0.4, -0.2) is 41.2 Å². The third kappa shape index (κ3) is 9.21. The number of rotatable bonds is 4. The molecule has 0 heterocycles. The molecule has 0 amide bonds. The molecule has 0 bridgehead atoms. The van der Waals surface area contributed by atoms with Crippen molar-refractivity contribution in [1.29, 1.82) is 0 Å². The van der Waals surface area contributed by atoms with Crippen molar-refractivity contribution < 1.29 is 20.1 Å². The van der Waals surface area contributed by atoms with Crippen molar-refractivity contribution in [3.8, 4) is 5.75 Å². The lowest BCUT2D eigenvalue weighted by Gasteiger charge is -2.01. The molecule has 0 aromatic heterocycles. The summed E-state index contributed by atoms with van der Waals surface area (Å²) in [7, 11) is 0. The lowest BCUT2D eigenvalue weighted by atomic mass is 10.3. The highest BCUT2D eigenvalue weighted by molar-refractivity contribution is 5.20. The Kier molecular flexibility index (Phi) is 8.76. The van der Waals surface area contributed by atoms with Crippen molar-refractivity contribution in [2.24, 2.45) is 0 Å². The van der Waals surface area contributed by atoms with E-state index in [-0.39, 0.29) is 13.2 Å². The molecule has 1 aromatic rings. The third-order valence-electron chi connectivity index (χ3n) is 1.37. The fourth-order valence-electron chi connectivity index (χ4n) is 0.680. The van der Waals surface area contributed by atoms with Crippen molar-refractivity contribution in [1.82, 2.24) is 0 Å². The second-order valence-electron chi connectivity index (χ2n) is 2.92. The zero-order valence-corrected chi connectivity index (χ0v) is 8.84. The molecule has 0 aliphatic rings. The van der Waals surface area contributed by atoms with Crippen molar-refractivity contribution in [3.05, 3.63) is 30.3 Å². The van der Waals surface area contributed by atoms with Gasteiger partial charge in [0, 0.05) is 0 Å². The van der Waals surface area contributed by atoms with Gasteiger partial charge in [-0.3, -0.25) is 0 Å². The first-order valence-corrected chi connectivity index (χ1v) is 4.78. The maximum Gasteiger partial charge on any atom is 0.119 e. The van der Waals surface area contributed by atoms with Gasteiger partial charge in [-0.1, -0.05) is 18.2 Å². The lowest BCUT2D eigenvalue weighted by Crippen LogP contribution is -2.03. The van der Waals surface area contributed by atoms with Crippen LogP contribution < -0.4 is 4.74 Å². The summed E-state index contributed by atoms with van der Waals surface area (Å²) in [6.45, 7) is 1.82. The predicted octanol–water partition coefficient (Wildman–Crippen LogP) is 0.417. The Balaban J connectivity index is 0.000000336. The van der Waals surface area contributed by atoms with E-state index in [4.69, 9.17) is 20.1 Å². The smallest absolute Gasteiger partial charge is 0.119 e. The normalized spacial score (nSPS) is 11.2. The summed E-state index contributed by atoms with van der Waals surface area (Å²) in [5.74, 6) is 0.802. The van der Waals surface area contributed by atoms with Gasteiger partial charge < -0.3 is 20.1 Å². The second kappa shape index (κ2) is 9.45. The molecular weight excluding hydrogens is 196 g/mol. The summed E-state index contributed by atoms with van der Waals surface area (Å²) in [6, 6.07) is 9.43. The quantitative estimate of drug-likeness (QED) is 0.679. The van der Waals surface area contributed by atoms with Crippen LogP contribution in [0.1, 0.15) is 6.92 Å². The predicted molar refractivity (Wildman–Crippen MR) is 57.8 cm³/mol. The van der Waals surface area contributed by atoms with E-state index in [1.807, 2.05) is 30.3 Å². The van der Waals surface area contributed by atoms with Gasteiger partial charge in [-0.2, -0.15) is 0 Å². The van der Waals surface area contributed by atoms with E-state index < -0.39 is 6.10 Å². The van der Waals surface area contributed by atoms with Gasteiger partial charge in [0.1, 0.15) is 12.4 Å². The molecule has 0 radical (unpaired) electrons. The van der Waals surface area contributed by atoms with Gasteiger partial charge in [0.25, 0.3) is 0 Å². The van der Waals surface area contributed by atoms with E-state index in [1.165, 1.54) is 6.92 Å². The van der Waals surface area contributed by atoms with Gasteiger partial charge in [0.05, 0.1) is 19.3 Å². The highest BCUT2D eigenvalue weighted by Crippen LogP contribution is 2.06. The molecule has 1 rings (SSSR count). The van der Waals surface area contributed by atoms with Gasteiger partial charge in [0.15, 0.2) is 0 Å². The number of ether oxygens (including phenoxy) is 1. The molecule has 0 aliphatic heterocycles. The van der Waals surface area contributed by atoms with Crippen molar-refractivity contribution in [2.75, 3.05) is 19.8 Å². The molecule has 0 saturated heterocycles. The summed E-state index contributed by atoms with van der Waals surface area (Å²) < 4.78 is 5.11. The molecule has 4 nitrogen and oxygen atoms in total. The van der Waals surface area contributed by atoms with E-state index in [9.17, 15) is 0 Å². The third-order valence-corrected chi connectivity index (χ3v) is 1.37. The molecule has 0 spiro atoms. The second-order valence-corrected chi connectivity index (χ2v) is 2.92. The maximum atomic E-state index is 8.40. The highest BCUT2D eigenvalue weighted by Gasteiger charge is 1.87. The van der Waals surface area contributed by atoms with Gasteiger partial charge >= 0.3 is 0 Å². The van der Waals surface area contributed by atoms with E-state index >= 15 is 0 Å². The van der Waals surface area contributed by atoms with Crippen LogP contribution >= 0.6 is 0 Å². The van der Waals surface area contributed by atoms with E-state index in [0.29, 0.717) is 6.61 Å². The number of benzene rings is 1. The Hall–Kier alpha value is -1.10. The van der Waals surface area contributed by atoms with Crippen molar-refractivity contribution >= 4 is 0 Å². The minimum atomic E-state index is -0.560. The summed E-state index contributed by atoms with van der Waals surface area (Å²) in [4.78, 5) is 0. The summed E-state index contributed by atoms with van der Waals surface area (Å²) in [5.41, 5.74) is 0. The van der Waals surface area contributed by atoms with Crippen LogP contribution in [0.4, 0.5) is 0 Å². The van der Waals surface area contributed by atoms with Crippen molar-refractivity contribution in [3.63, 3.8) is 0 Å². The van der Waals surface area contributed by atoms with E-state index in [1.54, 1.807) is 0 Å². The largest absolute Gasteiger partial charge is 0.491 e. The van der Waals surface area contributed by atoms with Gasteiger partial charge in [0.2, 0.25) is 0 Å². The Morgan fingerprint density at radius 1 is 1.20 bits per heavy atom. The van der Waals surface area contributed by atoms with Gasteiger partial charge in [-0.05, 0) is 19.1 Å². The molecule has 1 aromatic carbocycles. The molecule has 0 saturated carbocycles. The van der Waals surface area contributed by atoms with E-state index in [0.717, 1.165) is 5.75 Å². The minimum Gasteiger partial charge on any atom is -0.491 e. The average molecular weight is 214 g/mol. The number of hydrogen-bond acceptors (Lipinski definition) is 4. The number of aliphatic hydroxyl groups is 3. The fraction of sp³-hybridized carbons (Fsp3) is 0.455.